The molecule has 0 amide bonds. The number of nitrogens with zero attached hydrogens (tertiary/aromatic N) is 2. The van der Waals surface area contributed by atoms with Crippen LogP contribution in [0.2, 0.25) is 0 Å². The molecule has 0 aromatic carbocycles. The molecule has 0 aromatic rings. The fourth-order valence-electron chi connectivity index (χ4n) is 0.369. The average Bonchev–Trinajstić information content (AvgIpc) is 1.77. The summed E-state index contributed by atoms with van der Waals surface area (Å²) in [5.41, 5.74) is 0. The van der Waals surface area contributed by atoms with E-state index in [9.17, 15) is 8.96 Å². The lowest BCUT2D eigenvalue weighted by atomic mass is 10.5. The third-order valence-corrected chi connectivity index (χ3v) is 0.712. The molecule has 4 heteroatoms. The van der Waals surface area contributed by atoms with Gasteiger partial charge in [0.2, 0.25) is 0 Å². The van der Waals surface area contributed by atoms with Gasteiger partial charge in [0.15, 0.2) is 0 Å². The number of halogens is 2. The highest BCUT2D eigenvalue weighted by atomic mass is 19.2. The highest BCUT2D eigenvalue weighted by molar-refractivity contribution is 5.02. The van der Waals surface area contributed by atoms with E-state index in [1.54, 1.807) is 0 Å². The van der Waals surface area contributed by atoms with E-state index < -0.39 is 0 Å². The standard InChI is InChI=1S/C4H4F2N2/c5-7-3-1-2-4-8(7)6/h1-4H. The van der Waals surface area contributed by atoms with Crippen molar-refractivity contribution in [1.29, 1.82) is 0 Å². The summed E-state index contributed by atoms with van der Waals surface area (Å²) in [5, 5.41) is -0.333. The maximum Gasteiger partial charge on any atom is 0.0600 e. The van der Waals surface area contributed by atoms with Gasteiger partial charge >= 0.3 is 0 Å². The minimum atomic E-state index is -0.167. The molecular formula is C4H4F2N2. The zero-order valence-electron chi connectivity index (χ0n) is 3.96. The predicted molar refractivity (Wildman–Crippen MR) is 24.2 cm³/mol. The first kappa shape index (κ1) is 5.08. The molecule has 1 aliphatic heterocycles. The van der Waals surface area contributed by atoms with Crippen LogP contribution in [0.15, 0.2) is 24.6 Å². The summed E-state index contributed by atoms with van der Waals surface area (Å²) in [5.74, 6) is 0. The van der Waals surface area contributed by atoms with Crippen molar-refractivity contribution in [3.05, 3.63) is 24.6 Å². The maximum absolute atomic E-state index is 11.8. The SMILES string of the molecule is FN1C=CC=CN1F. The fourth-order valence-corrected chi connectivity index (χ4v) is 0.369. The van der Waals surface area contributed by atoms with Gasteiger partial charge in [-0.05, 0) is 12.2 Å². The predicted octanol–water partition coefficient (Wildman–Crippen LogP) is 1.32. The summed E-state index contributed by atoms with van der Waals surface area (Å²) in [7, 11) is 0. The zero-order chi connectivity index (χ0) is 5.98. The topological polar surface area (TPSA) is 6.48 Å². The Balaban J connectivity index is 2.59. The molecule has 8 heavy (non-hydrogen) atoms. The van der Waals surface area contributed by atoms with Crippen LogP contribution in [0.4, 0.5) is 8.96 Å². The molecule has 1 heterocycles. The molecule has 44 valence electrons. The van der Waals surface area contributed by atoms with E-state index in [0.29, 0.717) is 0 Å². The minimum Gasteiger partial charge on any atom is -0.0956 e. The molecule has 0 N–H and O–H groups in total. The fraction of sp³-hybridized carbons (Fsp3) is 0. The zero-order valence-corrected chi connectivity index (χ0v) is 3.96. The van der Waals surface area contributed by atoms with Crippen LogP contribution in [-0.2, 0) is 0 Å². The minimum absolute atomic E-state index is 0.167. The van der Waals surface area contributed by atoms with Crippen LogP contribution in [0.5, 0.6) is 0 Å². The highest BCUT2D eigenvalue weighted by Gasteiger charge is 2.04. The first-order valence-corrected chi connectivity index (χ1v) is 2.05. The van der Waals surface area contributed by atoms with Gasteiger partial charge in [0, 0.05) is 0 Å². The molecule has 0 aliphatic carbocycles. The lowest BCUT2D eigenvalue weighted by molar-refractivity contribution is -0.204. The second-order valence-corrected chi connectivity index (χ2v) is 1.26. The highest BCUT2D eigenvalue weighted by Crippen LogP contribution is 2.05. The summed E-state index contributed by atoms with van der Waals surface area (Å²) >= 11 is 0. The summed E-state index contributed by atoms with van der Waals surface area (Å²) in [6.07, 6.45) is 4.69. The van der Waals surface area contributed by atoms with Crippen LogP contribution in [-0.4, -0.2) is 10.5 Å². The van der Waals surface area contributed by atoms with E-state index in [1.807, 2.05) is 0 Å². The van der Waals surface area contributed by atoms with Gasteiger partial charge in [0.1, 0.15) is 0 Å². The molecule has 0 bridgehead atoms. The Bertz CT molecular complexity index is 116. The maximum atomic E-state index is 11.8. The van der Waals surface area contributed by atoms with Crippen LogP contribution in [0.3, 0.4) is 0 Å². The molecule has 0 unspecified atom stereocenters. The van der Waals surface area contributed by atoms with Gasteiger partial charge in [-0.25, -0.2) is 0 Å². The van der Waals surface area contributed by atoms with Crippen molar-refractivity contribution in [2.24, 2.45) is 0 Å². The van der Waals surface area contributed by atoms with Gasteiger partial charge in [-0.15, -0.1) is 0 Å². The molecule has 0 saturated heterocycles. The lowest BCUT2D eigenvalue weighted by Gasteiger charge is -2.15. The Morgan fingerprint density at radius 3 is 1.50 bits per heavy atom. The molecular weight excluding hydrogens is 114 g/mol. The smallest absolute Gasteiger partial charge is 0.0600 e. The summed E-state index contributed by atoms with van der Waals surface area (Å²) in [6.45, 7) is 0. The average molecular weight is 118 g/mol. The molecule has 1 rings (SSSR count). The van der Waals surface area contributed by atoms with Crippen LogP contribution in [0.1, 0.15) is 0 Å². The van der Waals surface area contributed by atoms with E-state index >= 15 is 0 Å². The molecule has 0 spiro atoms. The molecule has 0 saturated carbocycles. The molecule has 0 atom stereocenters. The monoisotopic (exact) mass is 118 g/mol. The summed E-state index contributed by atoms with van der Waals surface area (Å²) < 4.78 is 23.6. The molecule has 0 aromatic heterocycles. The van der Waals surface area contributed by atoms with Crippen LogP contribution < -0.4 is 0 Å². The van der Waals surface area contributed by atoms with Crippen molar-refractivity contribution in [2.75, 3.05) is 0 Å². The largest absolute Gasteiger partial charge is 0.0956 e. The normalized spacial score (nSPS) is 17.8. The van der Waals surface area contributed by atoms with Crippen molar-refractivity contribution in [3.63, 3.8) is 0 Å². The first-order valence-electron chi connectivity index (χ1n) is 2.05. The van der Waals surface area contributed by atoms with E-state index in [2.05, 4.69) is 0 Å². The van der Waals surface area contributed by atoms with Gasteiger partial charge in [-0.3, -0.25) is 0 Å². The van der Waals surface area contributed by atoms with Crippen molar-refractivity contribution in [2.45, 2.75) is 0 Å². The second kappa shape index (κ2) is 1.81. The third-order valence-electron chi connectivity index (χ3n) is 0.712. The van der Waals surface area contributed by atoms with Crippen LogP contribution in [0, 0.1) is 0 Å². The first-order chi connectivity index (χ1) is 3.80. The van der Waals surface area contributed by atoms with Gasteiger partial charge in [0.25, 0.3) is 0 Å². The van der Waals surface area contributed by atoms with E-state index in [0.717, 1.165) is 12.4 Å². The van der Waals surface area contributed by atoms with Crippen molar-refractivity contribution in [1.82, 2.24) is 10.5 Å². The Morgan fingerprint density at radius 1 is 0.875 bits per heavy atom. The third kappa shape index (κ3) is 0.776. The molecule has 2 nitrogen and oxygen atoms in total. The van der Waals surface area contributed by atoms with Gasteiger partial charge < -0.3 is 0 Å². The van der Waals surface area contributed by atoms with E-state index in [1.165, 1.54) is 12.2 Å². The summed E-state index contributed by atoms with van der Waals surface area (Å²) in [6, 6.07) is 0. The van der Waals surface area contributed by atoms with Crippen molar-refractivity contribution in [3.8, 4) is 0 Å². The van der Waals surface area contributed by atoms with E-state index in [-0.39, 0.29) is 10.5 Å². The van der Waals surface area contributed by atoms with Gasteiger partial charge in [-0.1, -0.05) is 19.4 Å². The molecule has 0 fully saturated rings. The number of hydrogen-bond acceptors (Lipinski definition) is 2. The van der Waals surface area contributed by atoms with Crippen molar-refractivity contribution >= 4 is 0 Å². The Kier molecular flexibility index (Phi) is 1.15. The Morgan fingerprint density at radius 2 is 1.25 bits per heavy atom. The molecule has 1 aliphatic rings. The van der Waals surface area contributed by atoms with Crippen molar-refractivity contribution < 1.29 is 8.96 Å². The quantitative estimate of drug-likeness (QED) is 0.442. The Hall–Kier alpha value is -1.06. The number of hydrazine groups is 1. The van der Waals surface area contributed by atoms with Gasteiger partial charge in [-0.2, -0.15) is 0 Å². The van der Waals surface area contributed by atoms with Crippen LogP contribution >= 0.6 is 0 Å². The van der Waals surface area contributed by atoms with Crippen LogP contribution in [0.25, 0.3) is 0 Å². The number of rotatable bonds is 0. The lowest BCUT2D eigenvalue weighted by Crippen LogP contribution is -2.20. The second-order valence-electron chi connectivity index (χ2n) is 1.26. The number of hydrogen-bond donors (Lipinski definition) is 0. The van der Waals surface area contributed by atoms with Gasteiger partial charge in [0.05, 0.1) is 12.4 Å². The molecule has 0 radical (unpaired) electrons. The number of allylic oxidation sites excluding steroid dienone is 2. The van der Waals surface area contributed by atoms with E-state index in [4.69, 9.17) is 0 Å². The summed E-state index contributed by atoms with van der Waals surface area (Å²) in [4.78, 5) is 0. The Labute approximate surface area is 45.1 Å².